The van der Waals surface area contributed by atoms with Gasteiger partial charge in [0.05, 0.1) is 5.69 Å². The zero-order valence-corrected chi connectivity index (χ0v) is 14.3. The fourth-order valence-corrected chi connectivity index (χ4v) is 5.22. The molecule has 2 atom stereocenters. The van der Waals surface area contributed by atoms with Crippen molar-refractivity contribution < 1.29 is 12.9 Å². The van der Waals surface area contributed by atoms with Gasteiger partial charge in [0.25, 0.3) is 0 Å². The highest BCUT2D eigenvalue weighted by Gasteiger charge is 2.40. The van der Waals surface area contributed by atoms with Crippen molar-refractivity contribution in [1.82, 2.24) is 9.46 Å². The Kier molecular flexibility index (Phi) is 4.55. The lowest BCUT2D eigenvalue weighted by atomic mass is 9.90. The molecule has 1 fully saturated rings. The lowest BCUT2D eigenvalue weighted by Crippen LogP contribution is -2.37. The summed E-state index contributed by atoms with van der Waals surface area (Å²) in [6.07, 6.45) is 3.07. The van der Waals surface area contributed by atoms with Crippen molar-refractivity contribution in [1.29, 1.82) is 0 Å². The molecule has 0 amide bonds. The molecule has 1 aliphatic heterocycles. The highest BCUT2D eigenvalue weighted by atomic mass is 32.2. The number of hydrogen-bond donors (Lipinski definition) is 0. The van der Waals surface area contributed by atoms with Crippen LogP contribution < -0.4 is 0 Å². The molecule has 6 heteroatoms. The molecule has 0 unspecified atom stereocenters. The molecule has 1 aromatic heterocycles. The number of benzene rings is 1. The second-order valence-corrected chi connectivity index (χ2v) is 8.06. The van der Waals surface area contributed by atoms with Crippen molar-refractivity contribution in [3.63, 3.8) is 0 Å². The van der Waals surface area contributed by atoms with E-state index in [2.05, 4.69) is 43.3 Å². The Bertz CT molecular complexity index is 739. The topological polar surface area (TPSA) is 63.4 Å². The van der Waals surface area contributed by atoms with Crippen LogP contribution in [-0.2, 0) is 15.8 Å². The van der Waals surface area contributed by atoms with Gasteiger partial charge in [-0.15, -0.1) is 0 Å². The standard InChI is InChI=1S/C17H22N2O3S/c1-3-17-16(14-6-4-13(2)5-7-14)8-10-19(17)23(20,21)12-15-9-11-22-18-15/h4-7,9,11,16-17H,3,8,10,12H2,1-2H3/t16-,17-/m1/s1. The van der Waals surface area contributed by atoms with Gasteiger partial charge in [-0.3, -0.25) is 0 Å². The number of aromatic nitrogens is 1. The van der Waals surface area contributed by atoms with Gasteiger partial charge >= 0.3 is 0 Å². The van der Waals surface area contributed by atoms with Crippen LogP contribution in [0.1, 0.15) is 42.5 Å². The van der Waals surface area contributed by atoms with Gasteiger partial charge in [-0.25, -0.2) is 8.42 Å². The van der Waals surface area contributed by atoms with Crippen molar-refractivity contribution in [3.05, 3.63) is 53.4 Å². The monoisotopic (exact) mass is 334 g/mol. The maximum Gasteiger partial charge on any atom is 0.220 e. The Hall–Kier alpha value is -1.66. The average Bonchev–Trinajstić information content (AvgIpc) is 3.16. The summed E-state index contributed by atoms with van der Waals surface area (Å²) < 4.78 is 31.9. The van der Waals surface area contributed by atoms with E-state index in [0.717, 1.165) is 12.8 Å². The minimum atomic E-state index is -3.38. The summed E-state index contributed by atoms with van der Waals surface area (Å²) >= 11 is 0. The molecular weight excluding hydrogens is 312 g/mol. The molecular formula is C17H22N2O3S. The third-order valence-electron chi connectivity index (χ3n) is 4.60. The number of rotatable bonds is 5. The predicted octanol–water partition coefficient (Wildman–Crippen LogP) is 3.08. The Balaban J connectivity index is 1.82. The van der Waals surface area contributed by atoms with Gasteiger partial charge in [-0.05, 0) is 25.3 Å². The molecule has 124 valence electrons. The van der Waals surface area contributed by atoms with Crippen molar-refractivity contribution in [2.75, 3.05) is 6.54 Å². The molecule has 2 heterocycles. The summed E-state index contributed by atoms with van der Waals surface area (Å²) in [4.78, 5) is 0. The smallest absolute Gasteiger partial charge is 0.220 e. The zero-order valence-electron chi connectivity index (χ0n) is 13.5. The Morgan fingerprint density at radius 3 is 2.61 bits per heavy atom. The number of nitrogens with zero attached hydrogens (tertiary/aromatic N) is 2. The van der Waals surface area contributed by atoms with Gasteiger partial charge in [-0.1, -0.05) is 41.9 Å². The van der Waals surface area contributed by atoms with Gasteiger partial charge < -0.3 is 4.52 Å². The summed E-state index contributed by atoms with van der Waals surface area (Å²) in [5.41, 5.74) is 2.90. The lowest BCUT2D eigenvalue weighted by molar-refractivity contribution is 0.360. The molecule has 3 rings (SSSR count). The molecule has 0 saturated carbocycles. The maximum atomic E-state index is 12.7. The normalized spacial score (nSPS) is 22.5. The van der Waals surface area contributed by atoms with Crippen LogP contribution in [-0.4, -0.2) is 30.5 Å². The van der Waals surface area contributed by atoms with Crippen LogP contribution >= 0.6 is 0 Å². The molecule has 0 bridgehead atoms. The fraction of sp³-hybridized carbons (Fsp3) is 0.471. The molecule has 1 aliphatic rings. The average molecular weight is 334 g/mol. The zero-order chi connectivity index (χ0) is 16.4. The number of sulfonamides is 1. The van der Waals surface area contributed by atoms with E-state index in [1.54, 1.807) is 10.4 Å². The first kappa shape index (κ1) is 16.2. The van der Waals surface area contributed by atoms with Gasteiger partial charge in [-0.2, -0.15) is 4.31 Å². The van der Waals surface area contributed by atoms with Crippen LogP contribution in [0.2, 0.25) is 0 Å². The number of aryl methyl sites for hydroxylation is 1. The maximum absolute atomic E-state index is 12.7. The molecule has 23 heavy (non-hydrogen) atoms. The quantitative estimate of drug-likeness (QED) is 0.843. The molecule has 1 saturated heterocycles. The van der Waals surface area contributed by atoms with Crippen LogP contribution in [0, 0.1) is 6.92 Å². The summed E-state index contributed by atoms with van der Waals surface area (Å²) in [5.74, 6) is 0.161. The molecule has 0 radical (unpaired) electrons. The van der Waals surface area contributed by atoms with E-state index in [0.29, 0.717) is 12.2 Å². The summed E-state index contributed by atoms with van der Waals surface area (Å²) in [6.45, 7) is 4.68. The third-order valence-corrected chi connectivity index (χ3v) is 6.43. The minimum absolute atomic E-state index is 0.00890. The number of hydrogen-bond acceptors (Lipinski definition) is 4. The van der Waals surface area contributed by atoms with E-state index in [1.807, 2.05) is 0 Å². The van der Waals surface area contributed by atoms with E-state index in [-0.39, 0.29) is 17.7 Å². The van der Waals surface area contributed by atoms with Crippen LogP contribution in [0.15, 0.2) is 41.1 Å². The Labute approximate surface area is 137 Å². The molecule has 0 spiro atoms. The van der Waals surface area contributed by atoms with Crippen molar-refractivity contribution in [3.8, 4) is 0 Å². The highest BCUT2D eigenvalue weighted by molar-refractivity contribution is 7.88. The molecule has 1 aromatic carbocycles. The van der Waals surface area contributed by atoms with Crippen molar-refractivity contribution >= 4 is 10.0 Å². The summed E-state index contributed by atoms with van der Waals surface area (Å²) in [5, 5.41) is 3.73. The van der Waals surface area contributed by atoms with Gasteiger partial charge in [0.2, 0.25) is 10.0 Å². The first-order valence-corrected chi connectivity index (χ1v) is 9.57. The first-order valence-electron chi connectivity index (χ1n) is 7.96. The second kappa shape index (κ2) is 6.45. The molecule has 0 aliphatic carbocycles. The Morgan fingerprint density at radius 1 is 1.26 bits per heavy atom. The fourth-order valence-electron chi connectivity index (χ4n) is 3.44. The second-order valence-electron chi connectivity index (χ2n) is 6.14. The van der Waals surface area contributed by atoms with Gasteiger partial charge in [0.1, 0.15) is 12.0 Å². The molecule has 0 N–H and O–H groups in total. The van der Waals surface area contributed by atoms with Crippen LogP contribution in [0.5, 0.6) is 0 Å². The summed E-state index contributed by atoms with van der Waals surface area (Å²) in [7, 11) is -3.38. The van der Waals surface area contributed by atoms with E-state index in [4.69, 9.17) is 4.52 Å². The highest BCUT2D eigenvalue weighted by Crippen LogP contribution is 2.37. The van der Waals surface area contributed by atoms with Crippen LogP contribution in [0.25, 0.3) is 0 Å². The molecule has 5 nitrogen and oxygen atoms in total. The van der Waals surface area contributed by atoms with Gasteiger partial charge in [0.15, 0.2) is 0 Å². The van der Waals surface area contributed by atoms with E-state index >= 15 is 0 Å². The van der Waals surface area contributed by atoms with Crippen LogP contribution in [0.3, 0.4) is 0 Å². The summed E-state index contributed by atoms with van der Waals surface area (Å²) in [6, 6.07) is 10.0. The van der Waals surface area contributed by atoms with Crippen LogP contribution in [0.4, 0.5) is 0 Å². The molecule has 2 aromatic rings. The Morgan fingerprint density at radius 2 is 2.00 bits per heavy atom. The largest absolute Gasteiger partial charge is 0.364 e. The lowest BCUT2D eigenvalue weighted by Gasteiger charge is -2.26. The minimum Gasteiger partial charge on any atom is -0.364 e. The first-order chi connectivity index (χ1) is 11.0. The van der Waals surface area contributed by atoms with E-state index in [9.17, 15) is 8.42 Å². The van der Waals surface area contributed by atoms with Crippen molar-refractivity contribution in [2.45, 2.75) is 44.4 Å². The third kappa shape index (κ3) is 3.33. The van der Waals surface area contributed by atoms with E-state index in [1.165, 1.54) is 17.4 Å². The van der Waals surface area contributed by atoms with Crippen molar-refractivity contribution in [2.24, 2.45) is 0 Å². The predicted molar refractivity (Wildman–Crippen MR) is 88.4 cm³/mol. The van der Waals surface area contributed by atoms with Gasteiger partial charge in [0, 0.05) is 24.6 Å². The van der Waals surface area contributed by atoms with E-state index < -0.39 is 10.0 Å². The SMILES string of the molecule is CC[C@@H]1[C@@H](c2ccc(C)cc2)CCN1S(=O)(=O)Cc1ccon1.